The minimum atomic E-state index is -1.37. The molecule has 18 nitrogen and oxygen atoms in total. The Morgan fingerprint density at radius 2 is 0.880 bits per heavy atom. The number of nitro groups is 2. The Balaban J connectivity index is -0.000000705. The third kappa shape index (κ3) is 20.8. The van der Waals surface area contributed by atoms with E-state index in [-0.39, 0.29) is 70.5 Å². The number of non-ortho nitro benzene ring substituents is 2. The fourth-order valence-electron chi connectivity index (χ4n) is 3.20. The van der Waals surface area contributed by atoms with E-state index < -0.39 is 93.6 Å². The number of nitrogens with one attached hydrogen (secondary N) is 2. The minimum Gasteiger partial charge on any atom is -0.550 e. The number of amides is 2. The second-order valence-corrected chi connectivity index (χ2v) is 11.2. The molecule has 0 saturated carbocycles. The van der Waals surface area contributed by atoms with Crippen molar-refractivity contribution in [3.8, 4) is 0 Å². The summed E-state index contributed by atoms with van der Waals surface area (Å²) in [5.74, 6) is -4.25. The first-order chi connectivity index (χ1) is 22.4. The van der Waals surface area contributed by atoms with E-state index in [9.17, 15) is 59.8 Å². The SMILES string of the molecule is O=C(N[C@H](CO)[C@H](O)c1ccc([N+](=O)[O-])cc1)C(Cl)Cl.O=C(N[C@H](CO)[C@H](O)c1ccc([N+](=O)[O-])cc1)C(Cl)Cl.O=C([O-])CCC(=O)[O-].[Na+].[Na+]. The first-order valence-electron chi connectivity index (χ1n) is 13.0. The van der Waals surface area contributed by atoms with E-state index in [1.54, 1.807) is 0 Å². The normalized spacial score (nSPS) is 12.4. The first kappa shape index (κ1) is 52.5. The Bertz CT molecular complexity index is 1280. The van der Waals surface area contributed by atoms with Crippen LogP contribution >= 0.6 is 46.4 Å². The molecular weight excluding hydrogens is 780 g/mol. The van der Waals surface area contributed by atoms with Gasteiger partial charge in [-0.3, -0.25) is 29.8 Å². The average molecular weight is 808 g/mol. The number of aliphatic carboxylic acids is 2. The Labute approximate surface area is 347 Å². The quantitative estimate of drug-likeness (QED) is 0.0422. The molecule has 0 saturated heterocycles. The maximum absolute atomic E-state index is 11.3. The average Bonchev–Trinajstić information content (AvgIpc) is 3.04. The van der Waals surface area contributed by atoms with Crippen molar-refractivity contribution in [3.63, 3.8) is 0 Å². The zero-order chi connectivity index (χ0) is 37.1. The van der Waals surface area contributed by atoms with Gasteiger partial charge in [0.1, 0.15) is 12.2 Å². The molecule has 0 aromatic heterocycles. The van der Waals surface area contributed by atoms with Crippen molar-refractivity contribution < 1.29 is 119 Å². The van der Waals surface area contributed by atoms with Crippen LogP contribution in [0.25, 0.3) is 0 Å². The van der Waals surface area contributed by atoms with Crippen molar-refractivity contribution in [2.24, 2.45) is 0 Å². The van der Waals surface area contributed by atoms with Crippen LogP contribution in [0.2, 0.25) is 0 Å². The molecule has 4 atom stereocenters. The van der Waals surface area contributed by atoms with Gasteiger partial charge in [-0.05, 0) is 48.2 Å². The van der Waals surface area contributed by atoms with Crippen LogP contribution < -0.4 is 80.0 Å². The van der Waals surface area contributed by atoms with Crippen molar-refractivity contribution in [2.75, 3.05) is 13.2 Å². The second-order valence-electron chi connectivity index (χ2n) is 9.03. The Hall–Kier alpha value is -1.88. The van der Waals surface area contributed by atoms with Crippen LogP contribution in [0.5, 0.6) is 0 Å². The number of carboxylic acid groups (broad SMARTS) is 2. The number of aliphatic hydroxyl groups is 4. The third-order valence-electron chi connectivity index (χ3n) is 5.63. The van der Waals surface area contributed by atoms with E-state index in [1.165, 1.54) is 48.5 Å². The summed E-state index contributed by atoms with van der Waals surface area (Å²) in [5, 5.41) is 82.9. The van der Waals surface area contributed by atoms with Crippen LogP contribution in [0.4, 0.5) is 11.4 Å². The number of benzene rings is 2. The van der Waals surface area contributed by atoms with E-state index in [0.717, 1.165) is 0 Å². The van der Waals surface area contributed by atoms with Gasteiger partial charge in [-0.1, -0.05) is 46.4 Å². The van der Waals surface area contributed by atoms with Gasteiger partial charge in [0.25, 0.3) is 23.2 Å². The van der Waals surface area contributed by atoms with Crippen LogP contribution in [0, 0.1) is 20.2 Å². The summed E-state index contributed by atoms with van der Waals surface area (Å²) in [7, 11) is 0. The largest absolute Gasteiger partial charge is 1.00 e. The van der Waals surface area contributed by atoms with Gasteiger partial charge < -0.3 is 50.9 Å². The monoisotopic (exact) mass is 806 g/mol. The first-order valence-corrected chi connectivity index (χ1v) is 14.7. The number of hydrogen-bond acceptors (Lipinski definition) is 14. The molecule has 0 radical (unpaired) electrons. The van der Waals surface area contributed by atoms with Gasteiger partial charge in [-0.15, -0.1) is 0 Å². The Morgan fingerprint density at radius 1 is 0.620 bits per heavy atom. The van der Waals surface area contributed by atoms with Gasteiger partial charge >= 0.3 is 59.1 Å². The number of alkyl halides is 4. The fraction of sp³-hybridized carbons (Fsp3) is 0.385. The number of carboxylic acids is 2. The van der Waals surface area contributed by atoms with Crippen molar-refractivity contribution >= 4 is 81.5 Å². The van der Waals surface area contributed by atoms with Gasteiger partial charge in [-0.25, -0.2) is 0 Å². The zero-order valence-corrected chi connectivity index (χ0v) is 33.2. The predicted octanol–water partition coefficient (Wildman–Crippen LogP) is -6.91. The van der Waals surface area contributed by atoms with Crippen LogP contribution in [0.3, 0.4) is 0 Å². The van der Waals surface area contributed by atoms with E-state index >= 15 is 0 Å². The Kier molecular flexibility index (Phi) is 29.1. The molecule has 0 fully saturated rings. The molecule has 6 N–H and O–H groups in total. The molecule has 0 aliphatic carbocycles. The minimum absolute atomic E-state index is 0. The summed E-state index contributed by atoms with van der Waals surface area (Å²) in [6.45, 7) is -1.10. The van der Waals surface area contributed by atoms with E-state index in [0.29, 0.717) is 11.1 Å². The molecule has 0 spiro atoms. The van der Waals surface area contributed by atoms with Gasteiger partial charge in [0.15, 0.2) is 9.67 Å². The molecule has 0 heterocycles. The maximum atomic E-state index is 11.3. The number of halogens is 4. The third-order valence-corrected chi connectivity index (χ3v) is 6.42. The molecule has 50 heavy (non-hydrogen) atoms. The summed E-state index contributed by atoms with van der Waals surface area (Å²) < 4.78 is 0. The summed E-state index contributed by atoms with van der Waals surface area (Å²) in [6.07, 6.45) is -3.45. The number of nitrogens with zero attached hydrogens (tertiary/aromatic N) is 2. The molecule has 24 heteroatoms. The second kappa shape index (κ2) is 27.7. The van der Waals surface area contributed by atoms with Crippen molar-refractivity contribution in [1.29, 1.82) is 0 Å². The Morgan fingerprint density at radius 3 is 1.06 bits per heavy atom. The molecular formula is C26H28Cl4N4Na2O14. The van der Waals surface area contributed by atoms with Crippen LogP contribution in [-0.2, 0) is 19.2 Å². The fourth-order valence-corrected chi connectivity index (χ4v) is 3.45. The summed E-state index contributed by atoms with van der Waals surface area (Å²) in [4.78, 5) is 58.8. The number of rotatable bonds is 15. The summed E-state index contributed by atoms with van der Waals surface area (Å²) in [6, 6.07) is 8.11. The number of aliphatic hydroxyl groups excluding tert-OH is 4. The smallest absolute Gasteiger partial charge is 0.550 e. The van der Waals surface area contributed by atoms with Gasteiger partial charge in [0.05, 0.1) is 35.1 Å². The number of nitro benzene ring substituents is 2. The molecule has 0 bridgehead atoms. The number of carbonyl (C=O) groups excluding carboxylic acids is 4. The molecule has 2 rings (SSSR count). The summed E-state index contributed by atoms with van der Waals surface area (Å²) in [5.41, 5.74) is 0.338. The standard InChI is InChI=1S/2C11H12Cl2N2O5.C4H6O4.2Na/c2*12-10(13)11(18)14-8(5-16)9(17)6-1-3-7(4-2-6)15(19)20;5-3(6)1-2-4(7)8;;/h2*1-4,8-10,16-17H,5H2,(H,14,18);1-2H2,(H,5,6)(H,7,8);;/q;;;2*+1/p-2/t2*8-,9-;;;/m11.../s1. The van der Waals surface area contributed by atoms with Gasteiger partial charge in [0, 0.05) is 36.2 Å². The van der Waals surface area contributed by atoms with E-state index in [4.69, 9.17) is 56.6 Å². The topological polar surface area (TPSA) is 306 Å². The van der Waals surface area contributed by atoms with E-state index in [2.05, 4.69) is 10.6 Å². The van der Waals surface area contributed by atoms with Gasteiger partial charge in [0.2, 0.25) is 0 Å². The van der Waals surface area contributed by atoms with Crippen LogP contribution in [0.15, 0.2) is 48.5 Å². The predicted molar refractivity (Wildman–Crippen MR) is 164 cm³/mol. The van der Waals surface area contributed by atoms with Crippen molar-refractivity contribution in [1.82, 2.24) is 10.6 Å². The van der Waals surface area contributed by atoms with Crippen molar-refractivity contribution in [2.45, 2.75) is 46.8 Å². The molecule has 266 valence electrons. The molecule has 0 aliphatic heterocycles. The number of carbonyl (C=O) groups is 4. The molecule has 0 unspecified atom stereocenters. The molecule has 2 aromatic rings. The maximum Gasteiger partial charge on any atom is 1.00 e. The molecule has 2 aromatic carbocycles. The van der Waals surface area contributed by atoms with Crippen molar-refractivity contribution in [3.05, 3.63) is 79.9 Å². The van der Waals surface area contributed by atoms with Crippen LogP contribution in [-0.4, -0.2) is 89.0 Å². The van der Waals surface area contributed by atoms with Crippen LogP contribution in [0.1, 0.15) is 36.2 Å². The summed E-state index contributed by atoms with van der Waals surface area (Å²) >= 11 is 21.4. The van der Waals surface area contributed by atoms with Gasteiger partial charge in [-0.2, -0.15) is 0 Å². The molecule has 2 amide bonds. The number of hydrogen-bond donors (Lipinski definition) is 6. The van der Waals surface area contributed by atoms with E-state index in [1.807, 2.05) is 0 Å². The molecule has 0 aliphatic rings. The zero-order valence-electron chi connectivity index (χ0n) is 26.2.